The van der Waals surface area contributed by atoms with E-state index in [0.29, 0.717) is 10.4 Å². The first kappa shape index (κ1) is 25.7. The first-order chi connectivity index (χ1) is 15.1. The lowest BCUT2D eigenvalue weighted by Gasteiger charge is -2.09. The summed E-state index contributed by atoms with van der Waals surface area (Å²) in [6.07, 6.45) is 1.85. The molecular weight excluding hydrogens is 476 g/mol. The highest BCUT2D eigenvalue weighted by Crippen LogP contribution is 2.34. The van der Waals surface area contributed by atoms with E-state index in [1.54, 1.807) is 46.1 Å². The lowest BCUT2D eigenvalue weighted by molar-refractivity contribution is -0.119. The van der Waals surface area contributed by atoms with Gasteiger partial charge < -0.3 is 19.7 Å². The minimum Gasteiger partial charge on any atom is -0.462 e. The molecule has 0 saturated heterocycles. The minimum atomic E-state index is -0.752. The number of carbonyl (C=O) groups excluding carboxylic acids is 4. The smallest absolute Gasteiger partial charge is 0.341 e. The highest BCUT2D eigenvalue weighted by Gasteiger charge is 2.27. The fourth-order valence-electron chi connectivity index (χ4n) is 2.62. The summed E-state index contributed by atoms with van der Waals surface area (Å²) >= 11 is 8.44. The largest absolute Gasteiger partial charge is 0.462 e. The topological polar surface area (TPSA) is 102 Å². The third kappa shape index (κ3) is 6.02. The van der Waals surface area contributed by atoms with Gasteiger partial charge in [-0.1, -0.05) is 11.6 Å². The van der Waals surface area contributed by atoms with Gasteiger partial charge >= 0.3 is 11.9 Å². The van der Waals surface area contributed by atoms with Crippen LogP contribution in [0.5, 0.6) is 0 Å². The number of anilines is 1. The van der Waals surface area contributed by atoms with Gasteiger partial charge in [0, 0.05) is 19.0 Å². The number of thiophene rings is 1. The Balaban J connectivity index is 2.20. The number of nitrogens with one attached hydrogen (secondary N) is 1. The quantitative estimate of drug-likeness (QED) is 0.431. The lowest BCUT2D eigenvalue weighted by atomic mass is 10.1. The van der Waals surface area contributed by atoms with Crippen molar-refractivity contribution in [1.82, 2.24) is 4.90 Å². The molecule has 2 aromatic rings. The molecule has 0 unspecified atom stereocenters. The summed E-state index contributed by atoms with van der Waals surface area (Å²) in [6, 6.07) is 4.92. The van der Waals surface area contributed by atoms with E-state index in [1.807, 2.05) is 6.26 Å². The summed E-state index contributed by atoms with van der Waals surface area (Å²) in [5.41, 5.74) is 0.641. The molecule has 0 spiro atoms. The molecule has 1 N–H and O–H groups in total. The highest BCUT2D eigenvalue weighted by atomic mass is 35.5. The third-order valence-electron chi connectivity index (χ3n) is 4.21. The molecule has 8 nitrogen and oxygen atoms in total. The minimum absolute atomic E-state index is 0.0949. The first-order valence-corrected chi connectivity index (χ1v) is 11.8. The van der Waals surface area contributed by atoms with Gasteiger partial charge in [-0.25, -0.2) is 9.59 Å². The Morgan fingerprint density at radius 2 is 1.84 bits per heavy atom. The van der Waals surface area contributed by atoms with E-state index in [9.17, 15) is 19.2 Å². The number of halogens is 1. The van der Waals surface area contributed by atoms with Crippen LogP contribution in [-0.4, -0.2) is 62.2 Å². The maximum absolute atomic E-state index is 12.4. The average molecular weight is 499 g/mol. The van der Waals surface area contributed by atoms with Gasteiger partial charge in [-0.05, 0) is 43.9 Å². The number of rotatable bonds is 8. The molecule has 0 aliphatic carbocycles. The van der Waals surface area contributed by atoms with E-state index in [4.69, 9.17) is 21.1 Å². The van der Waals surface area contributed by atoms with E-state index >= 15 is 0 Å². The Morgan fingerprint density at radius 3 is 2.44 bits per heavy atom. The molecule has 32 heavy (non-hydrogen) atoms. The molecule has 0 radical (unpaired) electrons. The molecule has 1 aromatic carbocycles. The van der Waals surface area contributed by atoms with E-state index in [1.165, 1.54) is 16.7 Å². The third-order valence-corrected chi connectivity index (χ3v) is 6.46. The normalized spacial score (nSPS) is 10.4. The molecule has 0 bridgehead atoms. The summed E-state index contributed by atoms with van der Waals surface area (Å²) in [5.74, 6) is -2.40. The Bertz CT molecular complexity index is 1050. The van der Waals surface area contributed by atoms with Crippen LogP contribution >= 0.6 is 34.7 Å². The zero-order valence-electron chi connectivity index (χ0n) is 18.2. The van der Waals surface area contributed by atoms with Gasteiger partial charge in [0.1, 0.15) is 5.00 Å². The summed E-state index contributed by atoms with van der Waals surface area (Å²) in [4.78, 5) is 52.2. The van der Waals surface area contributed by atoms with Gasteiger partial charge in [0.2, 0.25) is 0 Å². The molecule has 172 valence electrons. The average Bonchev–Trinajstić information content (AvgIpc) is 3.07. The van der Waals surface area contributed by atoms with Gasteiger partial charge in [0.15, 0.2) is 6.61 Å². The number of carbonyl (C=O) groups is 4. The van der Waals surface area contributed by atoms with Gasteiger partial charge in [0.25, 0.3) is 11.8 Å². The molecule has 0 aliphatic heterocycles. The van der Waals surface area contributed by atoms with E-state index < -0.39 is 24.5 Å². The van der Waals surface area contributed by atoms with Crippen LogP contribution in [-0.2, 0) is 14.3 Å². The molecular formula is C21H23ClN2O6S2. The van der Waals surface area contributed by atoms with Crippen LogP contribution in [0.1, 0.15) is 42.9 Å². The predicted octanol–water partition coefficient (Wildman–Crippen LogP) is 4.11. The van der Waals surface area contributed by atoms with E-state index in [-0.39, 0.29) is 33.7 Å². The second kappa shape index (κ2) is 11.3. The first-order valence-electron chi connectivity index (χ1n) is 9.43. The van der Waals surface area contributed by atoms with Gasteiger partial charge in [-0.2, -0.15) is 0 Å². The van der Waals surface area contributed by atoms with Gasteiger partial charge in [0.05, 0.1) is 27.6 Å². The molecule has 0 aliphatic rings. The maximum atomic E-state index is 12.4. The van der Waals surface area contributed by atoms with Crippen LogP contribution in [0.15, 0.2) is 23.1 Å². The molecule has 2 rings (SSSR count). The Morgan fingerprint density at radius 1 is 1.16 bits per heavy atom. The van der Waals surface area contributed by atoms with Crippen LogP contribution < -0.4 is 5.32 Å². The fraction of sp³-hybridized carbons (Fsp3) is 0.333. The second-order valence-corrected chi connectivity index (χ2v) is 8.96. The summed E-state index contributed by atoms with van der Waals surface area (Å²) in [6.45, 7) is 2.79. The maximum Gasteiger partial charge on any atom is 0.341 e. The summed E-state index contributed by atoms with van der Waals surface area (Å²) < 4.78 is 10.1. The van der Waals surface area contributed by atoms with Crippen LogP contribution in [0.4, 0.5) is 5.00 Å². The number of ether oxygens (including phenoxy) is 2. The Hall–Kier alpha value is -2.56. The van der Waals surface area contributed by atoms with Crippen LogP contribution in [0.25, 0.3) is 0 Å². The standard InChI is InChI=1S/C21H23ClN2O6S2/c1-6-29-21(28)16-11(2)17(19(26)24(3)4)32-18(16)23-15(25)10-30-20(27)13-9-12(31-5)7-8-14(13)22/h7-9H,6,10H2,1-5H3,(H,23,25). The van der Waals surface area contributed by atoms with Crippen molar-refractivity contribution < 1.29 is 28.7 Å². The SMILES string of the molecule is CCOC(=O)c1c(NC(=O)COC(=O)c2cc(SC)ccc2Cl)sc(C(=O)N(C)C)c1C. The lowest BCUT2D eigenvalue weighted by Crippen LogP contribution is -2.22. The number of hydrogen-bond donors (Lipinski definition) is 1. The van der Waals surface area contributed by atoms with Crippen LogP contribution in [0, 0.1) is 6.92 Å². The van der Waals surface area contributed by atoms with E-state index in [2.05, 4.69) is 5.32 Å². The summed E-state index contributed by atoms with van der Waals surface area (Å²) in [7, 11) is 3.17. The predicted molar refractivity (Wildman–Crippen MR) is 125 cm³/mol. The Kier molecular flexibility index (Phi) is 9.11. The van der Waals surface area contributed by atoms with Gasteiger partial charge in [-0.3, -0.25) is 9.59 Å². The molecule has 0 saturated carbocycles. The second-order valence-electron chi connectivity index (χ2n) is 6.65. The number of nitrogens with zero attached hydrogens (tertiary/aromatic N) is 1. The molecule has 11 heteroatoms. The van der Waals surface area contributed by atoms with Crippen molar-refractivity contribution in [2.45, 2.75) is 18.7 Å². The van der Waals surface area contributed by atoms with E-state index in [0.717, 1.165) is 16.2 Å². The number of hydrogen-bond acceptors (Lipinski definition) is 8. The van der Waals surface area contributed by atoms with Crippen LogP contribution in [0.2, 0.25) is 5.02 Å². The van der Waals surface area contributed by atoms with Crippen molar-refractivity contribution in [3.05, 3.63) is 44.8 Å². The molecule has 1 heterocycles. The fourth-order valence-corrected chi connectivity index (χ4v) is 4.48. The number of esters is 2. The zero-order valence-corrected chi connectivity index (χ0v) is 20.6. The zero-order chi connectivity index (χ0) is 24.0. The van der Waals surface area contributed by atoms with Crippen LogP contribution in [0.3, 0.4) is 0 Å². The van der Waals surface area contributed by atoms with Crippen molar-refractivity contribution in [1.29, 1.82) is 0 Å². The molecule has 2 amide bonds. The molecule has 0 atom stereocenters. The van der Waals surface area contributed by atoms with Crippen molar-refractivity contribution in [3.8, 4) is 0 Å². The van der Waals surface area contributed by atoms with Crippen molar-refractivity contribution in [2.75, 3.05) is 38.9 Å². The van der Waals surface area contributed by atoms with Crippen molar-refractivity contribution in [3.63, 3.8) is 0 Å². The number of amides is 2. The summed E-state index contributed by atoms with van der Waals surface area (Å²) in [5, 5.41) is 2.90. The van der Waals surface area contributed by atoms with Crippen molar-refractivity contribution in [2.24, 2.45) is 0 Å². The number of thioether (sulfide) groups is 1. The van der Waals surface area contributed by atoms with Gasteiger partial charge in [-0.15, -0.1) is 23.1 Å². The van der Waals surface area contributed by atoms with Crippen molar-refractivity contribution >= 4 is 63.5 Å². The monoisotopic (exact) mass is 498 g/mol. The highest BCUT2D eigenvalue weighted by molar-refractivity contribution is 7.98. The molecule has 0 fully saturated rings. The Labute approximate surface area is 199 Å². The number of benzene rings is 1. The molecule has 1 aromatic heterocycles.